The second-order valence-corrected chi connectivity index (χ2v) is 6.40. The van der Waals surface area contributed by atoms with Gasteiger partial charge in [0, 0.05) is 18.6 Å². The number of likely N-dealkylation sites (tertiary alicyclic amines) is 1. The molecule has 0 aromatic rings. The van der Waals surface area contributed by atoms with E-state index in [1.54, 1.807) is 0 Å². The maximum absolute atomic E-state index is 3.67. The van der Waals surface area contributed by atoms with Crippen molar-refractivity contribution >= 4 is 0 Å². The van der Waals surface area contributed by atoms with E-state index in [1.807, 2.05) is 0 Å². The number of rotatable bonds is 5. The van der Waals surface area contributed by atoms with Crippen molar-refractivity contribution in [1.82, 2.24) is 10.2 Å². The lowest BCUT2D eigenvalue weighted by atomic mass is 9.87. The third-order valence-electron chi connectivity index (χ3n) is 4.42. The minimum atomic E-state index is 0.637. The molecule has 100 valence electrons. The van der Waals surface area contributed by atoms with Crippen LogP contribution >= 0.6 is 0 Å². The normalized spacial score (nSPS) is 28.1. The van der Waals surface area contributed by atoms with E-state index in [1.165, 1.54) is 64.6 Å². The molecule has 0 bridgehead atoms. The summed E-state index contributed by atoms with van der Waals surface area (Å²) in [4.78, 5) is 2.68. The third kappa shape index (κ3) is 4.59. The van der Waals surface area contributed by atoms with Gasteiger partial charge in [0.1, 0.15) is 0 Å². The van der Waals surface area contributed by atoms with E-state index in [-0.39, 0.29) is 0 Å². The van der Waals surface area contributed by atoms with E-state index >= 15 is 0 Å². The molecule has 0 radical (unpaired) electrons. The van der Waals surface area contributed by atoms with Crippen molar-refractivity contribution in [2.24, 2.45) is 5.92 Å². The van der Waals surface area contributed by atoms with E-state index in [0.29, 0.717) is 6.04 Å². The highest BCUT2D eigenvalue weighted by molar-refractivity contribution is 4.82. The largest absolute Gasteiger partial charge is 0.310 e. The van der Waals surface area contributed by atoms with Gasteiger partial charge >= 0.3 is 0 Å². The Hall–Kier alpha value is -0.0800. The summed E-state index contributed by atoms with van der Waals surface area (Å²) in [6.45, 7) is 8.46. The van der Waals surface area contributed by atoms with Gasteiger partial charge in [0.05, 0.1) is 0 Å². The fourth-order valence-corrected chi connectivity index (χ4v) is 3.48. The zero-order valence-corrected chi connectivity index (χ0v) is 11.8. The number of nitrogens with zero attached hydrogens (tertiary/aromatic N) is 1. The van der Waals surface area contributed by atoms with Crippen LogP contribution in [0.3, 0.4) is 0 Å². The molecule has 1 aliphatic carbocycles. The van der Waals surface area contributed by atoms with Gasteiger partial charge in [-0.1, -0.05) is 46.0 Å². The first-order chi connectivity index (χ1) is 8.24. The van der Waals surface area contributed by atoms with Gasteiger partial charge in [-0.3, -0.25) is 0 Å². The predicted molar refractivity (Wildman–Crippen MR) is 74.3 cm³/mol. The van der Waals surface area contributed by atoms with Crippen LogP contribution in [0.25, 0.3) is 0 Å². The molecule has 2 fully saturated rings. The van der Waals surface area contributed by atoms with Crippen molar-refractivity contribution < 1.29 is 0 Å². The van der Waals surface area contributed by atoms with E-state index in [0.717, 1.165) is 12.0 Å². The second-order valence-electron chi connectivity index (χ2n) is 6.40. The Bertz CT molecular complexity index is 209. The van der Waals surface area contributed by atoms with Crippen LogP contribution in [-0.2, 0) is 0 Å². The minimum Gasteiger partial charge on any atom is -0.310 e. The van der Waals surface area contributed by atoms with E-state index < -0.39 is 0 Å². The van der Waals surface area contributed by atoms with E-state index in [4.69, 9.17) is 0 Å². The van der Waals surface area contributed by atoms with E-state index in [2.05, 4.69) is 24.1 Å². The molecule has 2 nitrogen and oxygen atoms in total. The molecule has 0 spiro atoms. The SMILES string of the molecule is CC(C)NC1CCN(CCC2CCCCC2)C1. The topological polar surface area (TPSA) is 15.3 Å². The fraction of sp³-hybridized carbons (Fsp3) is 1.00. The third-order valence-corrected chi connectivity index (χ3v) is 4.42. The van der Waals surface area contributed by atoms with Crippen LogP contribution in [0.5, 0.6) is 0 Å². The Morgan fingerprint density at radius 1 is 1.12 bits per heavy atom. The molecule has 1 N–H and O–H groups in total. The molecule has 1 heterocycles. The summed E-state index contributed by atoms with van der Waals surface area (Å²) in [6, 6.07) is 1.39. The summed E-state index contributed by atoms with van der Waals surface area (Å²) in [5.74, 6) is 1.04. The zero-order valence-electron chi connectivity index (χ0n) is 11.8. The molecule has 1 atom stereocenters. The van der Waals surface area contributed by atoms with Crippen molar-refractivity contribution in [3.05, 3.63) is 0 Å². The van der Waals surface area contributed by atoms with Gasteiger partial charge in [0.2, 0.25) is 0 Å². The van der Waals surface area contributed by atoms with Crippen molar-refractivity contribution in [1.29, 1.82) is 0 Å². The smallest absolute Gasteiger partial charge is 0.0209 e. The van der Waals surface area contributed by atoms with Gasteiger partial charge < -0.3 is 10.2 Å². The minimum absolute atomic E-state index is 0.637. The van der Waals surface area contributed by atoms with Crippen molar-refractivity contribution in [3.63, 3.8) is 0 Å². The summed E-state index contributed by atoms with van der Waals surface area (Å²) in [5, 5.41) is 3.67. The van der Waals surface area contributed by atoms with Crippen molar-refractivity contribution in [2.75, 3.05) is 19.6 Å². The Morgan fingerprint density at radius 3 is 2.59 bits per heavy atom. The quantitative estimate of drug-likeness (QED) is 0.792. The van der Waals surface area contributed by atoms with Crippen molar-refractivity contribution in [3.8, 4) is 0 Å². The maximum Gasteiger partial charge on any atom is 0.0209 e. The van der Waals surface area contributed by atoms with Crippen LogP contribution in [-0.4, -0.2) is 36.6 Å². The first-order valence-corrected chi connectivity index (χ1v) is 7.72. The lowest BCUT2D eigenvalue weighted by molar-refractivity contribution is 0.260. The molecule has 1 unspecified atom stereocenters. The fourth-order valence-electron chi connectivity index (χ4n) is 3.48. The Balaban J connectivity index is 1.60. The van der Waals surface area contributed by atoms with Crippen LogP contribution in [0.1, 0.15) is 58.8 Å². The highest BCUT2D eigenvalue weighted by atomic mass is 15.2. The summed E-state index contributed by atoms with van der Waals surface area (Å²) in [6.07, 6.45) is 10.3. The van der Waals surface area contributed by atoms with Crippen LogP contribution in [0.2, 0.25) is 0 Å². The molecule has 1 saturated heterocycles. The van der Waals surface area contributed by atoms with Gasteiger partial charge in [-0.2, -0.15) is 0 Å². The van der Waals surface area contributed by atoms with Crippen LogP contribution in [0, 0.1) is 5.92 Å². The standard InChI is InChI=1S/C15H30N2/c1-13(2)16-15-9-11-17(12-15)10-8-14-6-4-3-5-7-14/h13-16H,3-12H2,1-2H3. The van der Waals surface area contributed by atoms with Crippen molar-refractivity contribution in [2.45, 2.75) is 70.9 Å². The summed E-state index contributed by atoms with van der Waals surface area (Å²) in [7, 11) is 0. The van der Waals surface area contributed by atoms with Gasteiger partial charge in [0.15, 0.2) is 0 Å². The number of nitrogens with one attached hydrogen (secondary N) is 1. The lowest BCUT2D eigenvalue weighted by Gasteiger charge is -2.24. The van der Waals surface area contributed by atoms with E-state index in [9.17, 15) is 0 Å². The average Bonchev–Trinajstić information content (AvgIpc) is 2.75. The summed E-state index contributed by atoms with van der Waals surface area (Å²) >= 11 is 0. The highest BCUT2D eigenvalue weighted by Crippen LogP contribution is 2.26. The van der Waals surface area contributed by atoms with Gasteiger partial charge in [-0.05, 0) is 31.8 Å². The summed E-state index contributed by atoms with van der Waals surface area (Å²) in [5.41, 5.74) is 0. The van der Waals surface area contributed by atoms with Crippen LogP contribution in [0.4, 0.5) is 0 Å². The Morgan fingerprint density at radius 2 is 1.88 bits per heavy atom. The Kier molecular flexibility index (Phi) is 5.30. The van der Waals surface area contributed by atoms with Crippen LogP contribution in [0.15, 0.2) is 0 Å². The number of hydrogen-bond donors (Lipinski definition) is 1. The molecule has 0 aromatic carbocycles. The average molecular weight is 238 g/mol. The monoisotopic (exact) mass is 238 g/mol. The molecule has 0 amide bonds. The second kappa shape index (κ2) is 6.75. The predicted octanol–water partition coefficient (Wildman–Crippen LogP) is 3.03. The maximum atomic E-state index is 3.67. The zero-order chi connectivity index (χ0) is 12.1. The number of hydrogen-bond acceptors (Lipinski definition) is 2. The molecular weight excluding hydrogens is 208 g/mol. The molecule has 17 heavy (non-hydrogen) atoms. The van der Waals surface area contributed by atoms with Crippen LogP contribution < -0.4 is 5.32 Å². The molecule has 2 aliphatic rings. The molecule has 2 rings (SSSR count). The van der Waals surface area contributed by atoms with Gasteiger partial charge in [0.25, 0.3) is 0 Å². The molecule has 2 heteroatoms. The molecular formula is C15H30N2. The first kappa shape index (κ1) is 13.4. The molecule has 0 aromatic heterocycles. The van der Waals surface area contributed by atoms with Gasteiger partial charge in [-0.15, -0.1) is 0 Å². The molecule has 1 saturated carbocycles. The highest BCUT2D eigenvalue weighted by Gasteiger charge is 2.23. The Labute approximate surface area is 107 Å². The first-order valence-electron chi connectivity index (χ1n) is 7.72. The molecule has 1 aliphatic heterocycles. The van der Waals surface area contributed by atoms with Gasteiger partial charge in [-0.25, -0.2) is 0 Å². The lowest BCUT2D eigenvalue weighted by Crippen LogP contribution is -2.37. The summed E-state index contributed by atoms with van der Waals surface area (Å²) < 4.78 is 0.